The van der Waals surface area contributed by atoms with E-state index >= 15 is 0 Å². The highest BCUT2D eigenvalue weighted by Crippen LogP contribution is 2.39. The molecule has 2 heterocycles. The smallest absolute Gasteiger partial charge is 0.269 e. The van der Waals surface area contributed by atoms with Crippen LogP contribution in [0.4, 0.5) is 11.5 Å². The van der Waals surface area contributed by atoms with Crippen LogP contribution in [0.5, 0.6) is 0 Å². The van der Waals surface area contributed by atoms with Crippen molar-refractivity contribution in [1.82, 2.24) is 10.3 Å². The molecule has 9 nitrogen and oxygen atoms in total. The monoisotopic (exact) mass is 344 g/mol. The van der Waals surface area contributed by atoms with Crippen LogP contribution >= 0.6 is 11.6 Å². The van der Waals surface area contributed by atoms with Gasteiger partial charge in [0.05, 0.1) is 16.1 Å². The molecule has 1 unspecified atom stereocenters. The van der Waals surface area contributed by atoms with Crippen LogP contribution in [-0.2, 0) is 5.66 Å². The fourth-order valence-electron chi connectivity index (χ4n) is 2.67. The zero-order valence-electron chi connectivity index (χ0n) is 11.9. The Morgan fingerprint density at radius 2 is 2.00 bits per heavy atom. The Balaban J connectivity index is 2.28. The van der Waals surface area contributed by atoms with Gasteiger partial charge in [-0.1, -0.05) is 11.6 Å². The summed E-state index contributed by atoms with van der Waals surface area (Å²) in [7, 11) is 0. The minimum Gasteiger partial charge on any atom is -0.383 e. The van der Waals surface area contributed by atoms with Gasteiger partial charge in [0.15, 0.2) is 0 Å². The summed E-state index contributed by atoms with van der Waals surface area (Å²) in [6, 6.07) is 7.13. The molecule has 0 radical (unpaired) electrons. The van der Waals surface area contributed by atoms with Gasteiger partial charge in [0.25, 0.3) is 11.6 Å². The summed E-state index contributed by atoms with van der Waals surface area (Å²) in [5.74, 6) is -0.759. The maximum atomic E-state index is 12.3. The first-order valence-electron chi connectivity index (χ1n) is 6.55. The lowest BCUT2D eigenvalue weighted by Gasteiger charge is -2.26. The van der Waals surface area contributed by atoms with E-state index in [1.54, 1.807) is 0 Å². The molecule has 24 heavy (non-hydrogen) atoms. The number of benzene rings is 1. The van der Waals surface area contributed by atoms with Gasteiger partial charge in [0.1, 0.15) is 22.7 Å². The number of amides is 1. The van der Waals surface area contributed by atoms with E-state index in [1.807, 2.05) is 6.07 Å². The molecule has 1 aromatic heterocycles. The molecule has 2 aromatic rings. The van der Waals surface area contributed by atoms with Gasteiger partial charge < -0.3 is 16.8 Å². The van der Waals surface area contributed by atoms with Crippen LogP contribution in [0, 0.1) is 21.4 Å². The Kier molecular flexibility index (Phi) is 3.37. The van der Waals surface area contributed by atoms with Crippen LogP contribution in [0.3, 0.4) is 0 Å². The number of carbonyl (C=O) groups excluding carboxylic acids is 1. The van der Waals surface area contributed by atoms with E-state index in [0.717, 1.165) is 0 Å². The molecule has 10 heteroatoms. The molecular formula is C14H9ClN6O3. The number of nitro groups is 1. The van der Waals surface area contributed by atoms with Crippen molar-refractivity contribution < 1.29 is 9.72 Å². The van der Waals surface area contributed by atoms with Crippen molar-refractivity contribution in [2.45, 2.75) is 5.66 Å². The van der Waals surface area contributed by atoms with E-state index in [4.69, 9.17) is 23.1 Å². The second kappa shape index (κ2) is 5.16. The number of aromatic nitrogens is 1. The number of nitro benzene ring substituents is 1. The predicted octanol–water partition coefficient (Wildman–Crippen LogP) is 1.00. The third-order valence-electron chi connectivity index (χ3n) is 3.76. The van der Waals surface area contributed by atoms with Gasteiger partial charge >= 0.3 is 0 Å². The number of rotatable bonds is 2. The number of anilines is 1. The summed E-state index contributed by atoms with van der Waals surface area (Å²) in [6.07, 6.45) is 0. The Morgan fingerprint density at radius 1 is 1.38 bits per heavy atom. The number of pyridine rings is 1. The zero-order valence-corrected chi connectivity index (χ0v) is 12.7. The van der Waals surface area contributed by atoms with E-state index in [2.05, 4.69) is 10.3 Å². The van der Waals surface area contributed by atoms with Gasteiger partial charge in [-0.3, -0.25) is 14.9 Å². The van der Waals surface area contributed by atoms with Crippen LogP contribution in [0.25, 0.3) is 0 Å². The summed E-state index contributed by atoms with van der Waals surface area (Å²) in [5, 5.41) is 22.5. The molecule has 0 saturated carbocycles. The standard InChI is InChI=1S/C14H9ClN6O3/c15-11-8(5-16)10-9(12(17)19-11)13(22)20-14(10,18)6-1-3-7(4-2-6)21(23)24/h1-4H,18H2,(H2,17,19)(H,20,22). The van der Waals surface area contributed by atoms with E-state index in [-0.39, 0.29) is 33.3 Å². The summed E-state index contributed by atoms with van der Waals surface area (Å²) in [5.41, 5.74) is 10.6. The lowest BCUT2D eigenvalue weighted by Crippen LogP contribution is -2.49. The largest absolute Gasteiger partial charge is 0.383 e. The van der Waals surface area contributed by atoms with Gasteiger partial charge in [-0.25, -0.2) is 4.98 Å². The second-order valence-corrected chi connectivity index (χ2v) is 5.45. The normalized spacial score (nSPS) is 18.6. The zero-order chi connectivity index (χ0) is 17.6. The van der Waals surface area contributed by atoms with Crippen molar-refractivity contribution >= 4 is 29.0 Å². The number of non-ortho nitro benzene ring substituents is 1. The molecule has 1 aromatic carbocycles. The topological polar surface area (TPSA) is 161 Å². The van der Waals surface area contributed by atoms with Gasteiger partial charge in [-0.15, -0.1) is 0 Å². The highest BCUT2D eigenvalue weighted by molar-refractivity contribution is 6.31. The van der Waals surface area contributed by atoms with Crippen molar-refractivity contribution in [3.8, 4) is 6.07 Å². The maximum absolute atomic E-state index is 12.3. The molecule has 3 rings (SSSR count). The molecule has 0 saturated heterocycles. The van der Waals surface area contributed by atoms with E-state index in [9.17, 15) is 20.2 Å². The van der Waals surface area contributed by atoms with Gasteiger partial charge in [0.2, 0.25) is 0 Å². The molecule has 0 fully saturated rings. The number of carbonyl (C=O) groups is 1. The van der Waals surface area contributed by atoms with Crippen molar-refractivity contribution in [2.75, 3.05) is 5.73 Å². The number of fused-ring (bicyclic) bond motifs is 1. The lowest BCUT2D eigenvalue weighted by molar-refractivity contribution is -0.384. The highest BCUT2D eigenvalue weighted by Gasteiger charge is 2.46. The first-order valence-corrected chi connectivity index (χ1v) is 6.93. The average Bonchev–Trinajstić information content (AvgIpc) is 2.80. The van der Waals surface area contributed by atoms with Crippen molar-refractivity contribution in [2.24, 2.45) is 5.73 Å². The fourth-order valence-corrected chi connectivity index (χ4v) is 2.89. The number of nitrogens with zero attached hydrogens (tertiary/aromatic N) is 3. The van der Waals surface area contributed by atoms with Gasteiger partial charge in [-0.05, 0) is 17.7 Å². The summed E-state index contributed by atoms with van der Waals surface area (Å²) in [6.45, 7) is 0. The Morgan fingerprint density at radius 3 is 2.54 bits per heavy atom. The van der Waals surface area contributed by atoms with Crippen LogP contribution in [0.2, 0.25) is 5.15 Å². The highest BCUT2D eigenvalue weighted by atomic mass is 35.5. The molecule has 0 spiro atoms. The van der Waals surface area contributed by atoms with E-state index in [0.29, 0.717) is 5.56 Å². The number of hydrogen-bond acceptors (Lipinski definition) is 7. The van der Waals surface area contributed by atoms with Crippen molar-refractivity contribution in [3.05, 3.63) is 61.8 Å². The third kappa shape index (κ3) is 2.05. The Hall–Kier alpha value is -3.22. The number of halogens is 1. The van der Waals surface area contributed by atoms with Crippen LogP contribution < -0.4 is 16.8 Å². The van der Waals surface area contributed by atoms with Crippen molar-refractivity contribution in [1.29, 1.82) is 5.26 Å². The number of nitriles is 1. The maximum Gasteiger partial charge on any atom is 0.269 e. The fraction of sp³-hybridized carbons (Fsp3) is 0.0714. The number of nitrogens with two attached hydrogens (primary N) is 2. The molecule has 1 atom stereocenters. The lowest BCUT2D eigenvalue weighted by atomic mass is 9.89. The predicted molar refractivity (Wildman–Crippen MR) is 83.9 cm³/mol. The molecule has 120 valence electrons. The summed E-state index contributed by atoms with van der Waals surface area (Å²) < 4.78 is 0. The molecule has 1 aliphatic rings. The molecule has 1 amide bonds. The van der Waals surface area contributed by atoms with Crippen LogP contribution in [0.1, 0.15) is 27.0 Å². The molecule has 5 N–H and O–H groups in total. The van der Waals surface area contributed by atoms with Gasteiger partial charge in [-0.2, -0.15) is 5.26 Å². The molecule has 1 aliphatic heterocycles. The van der Waals surface area contributed by atoms with Crippen molar-refractivity contribution in [3.63, 3.8) is 0 Å². The second-order valence-electron chi connectivity index (χ2n) is 5.09. The van der Waals surface area contributed by atoms with Crippen LogP contribution in [-0.4, -0.2) is 15.8 Å². The summed E-state index contributed by atoms with van der Waals surface area (Å²) >= 11 is 5.95. The first-order chi connectivity index (χ1) is 11.3. The molecule has 0 aliphatic carbocycles. The minimum absolute atomic E-state index is 0.0307. The Labute approximate surface area is 140 Å². The molecular weight excluding hydrogens is 336 g/mol. The van der Waals surface area contributed by atoms with E-state index < -0.39 is 16.5 Å². The molecule has 0 bridgehead atoms. The third-order valence-corrected chi connectivity index (χ3v) is 4.03. The van der Waals surface area contributed by atoms with E-state index in [1.165, 1.54) is 24.3 Å². The SMILES string of the molecule is N#Cc1c(Cl)nc(N)c2c1C(N)(c1ccc([N+](=O)[O-])cc1)NC2=O. The summed E-state index contributed by atoms with van der Waals surface area (Å²) in [4.78, 5) is 26.2. The Bertz CT molecular complexity index is 937. The first kappa shape index (κ1) is 15.7. The average molecular weight is 345 g/mol. The quantitative estimate of drug-likeness (QED) is 0.415. The van der Waals surface area contributed by atoms with Crippen LogP contribution in [0.15, 0.2) is 24.3 Å². The number of nitrogen functional groups attached to an aromatic ring is 1. The van der Waals surface area contributed by atoms with Gasteiger partial charge in [0, 0.05) is 17.7 Å². The minimum atomic E-state index is -1.60. The number of nitrogens with one attached hydrogen (secondary N) is 1. The number of hydrogen-bond donors (Lipinski definition) is 3.